The quantitative estimate of drug-likeness (QED) is 0.749. The van der Waals surface area contributed by atoms with E-state index in [-0.39, 0.29) is 11.3 Å². The van der Waals surface area contributed by atoms with Crippen molar-refractivity contribution in [2.45, 2.75) is 33.3 Å². The Morgan fingerprint density at radius 1 is 1.29 bits per heavy atom. The highest BCUT2D eigenvalue weighted by Crippen LogP contribution is 2.32. The molecule has 0 aliphatic heterocycles. The maximum Gasteiger partial charge on any atom is 0.168 e. The van der Waals surface area contributed by atoms with Gasteiger partial charge in [0.05, 0.1) is 5.56 Å². The van der Waals surface area contributed by atoms with E-state index in [9.17, 15) is 13.2 Å². The van der Waals surface area contributed by atoms with Crippen LogP contribution in [0.3, 0.4) is 0 Å². The summed E-state index contributed by atoms with van der Waals surface area (Å²) in [6.07, 6.45) is 0. The van der Waals surface area contributed by atoms with Gasteiger partial charge in [-0.3, -0.25) is 0 Å². The highest BCUT2D eigenvalue weighted by molar-refractivity contribution is 5.62. The van der Waals surface area contributed by atoms with Crippen molar-refractivity contribution in [2.75, 3.05) is 0 Å². The van der Waals surface area contributed by atoms with Crippen LogP contribution in [-0.2, 0) is 0 Å². The Labute approximate surface area is 98.9 Å². The summed E-state index contributed by atoms with van der Waals surface area (Å²) in [5.74, 6) is -2.87. The lowest BCUT2D eigenvalue weighted by Crippen LogP contribution is -2.24. The molecular formula is C13H15F3O. The number of halogens is 3. The van der Waals surface area contributed by atoms with Crippen LogP contribution in [0, 0.1) is 18.6 Å². The molecule has 0 saturated heterocycles. The van der Waals surface area contributed by atoms with Crippen LogP contribution in [0.2, 0.25) is 0 Å². The van der Waals surface area contributed by atoms with E-state index in [1.807, 2.05) is 0 Å². The van der Waals surface area contributed by atoms with E-state index in [0.717, 1.165) is 6.07 Å². The minimum atomic E-state index is -0.999. The average Bonchev–Trinajstić information content (AvgIpc) is 2.10. The van der Waals surface area contributed by atoms with E-state index >= 15 is 0 Å². The van der Waals surface area contributed by atoms with Gasteiger partial charge in [-0.2, -0.15) is 0 Å². The van der Waals surface area contributed by atoms with Gasteiger partial charge in [0.15, 0.2) is 11.6 Å². The molecule has 1 rings (SSSR count). The Morgan fingerprint density at radius 3 is 2.24 bits per heavy atom. The molecule has 0 atom stereocenters. The van der Waals surface area contributed by atoms with Gasteiger partial charge in [0.2, 0.25) is 0 Å². The van der Waals surface area contributed by atoms with Crippen molar-refractivity contribution in [2.24, 2.45) is 0 Å². The van der Waals surface area contributed by atoms with E-state index < -0.39 is 28.6 Å². The van der Waals surface area contributed by atoms with Crippen LogP contribution in [0.4, 0.5) is 13.2 Å². The average molecular weight is 244 g/mol. The summed E-state index contributed by atoms with van der Waals surface area (Å²) in [4.78, 5) is 0. The van der Waals surface area contributed by atoms with E-state index in [1.165, 1.54) is 6.92 Å². The predicted molar refractivity (Wildman–Crippen MR) is 61.6 cm³/mol. The molecule has 0 amide bonds. The van der Waals surface area contributed by atoms with E-state index in [0.29, 0.717) is 0 Å². The highest BCUT2D eigenvalue weighted by Gasteiger charge is 2.22. The van der Waals surface area contributed by atoms with Gasteiger partial charge in [0, 0.05) is 11.6 Å². The van der Waals surface area contributed by atoms with Gasteiger partial charge in [-0.25, -0.2) is 13.2 Å². The number of rotatable bonds is 2. The molecule has 17 heavy (non-hydrogen) atoms. The fourth-order valence-corrected chi connectivity index (χ4v) is 1.46. The molecule has 0 aliphatic rings. The first-order valence-electron chi connectivity index (χ1n) is 5.16. The zero-order valence-corrected chi connectivity index (χ0v) is 10.3. The number of ether oxygens (including phenoxy) is 1. The Hall–Kier alpha value is -1.45. The number of hydrogen-bond acceptors (Lipinski definition) is 1. The lowest BCUT2D eigenvalue weighted by atomic mass is 10.1. The Bertz CT molecular complexity index is 459. The Kier molecular flexibility index (Phi) is 3.55. The van der Waals surface area contributed by atoms with Gasteiger partial charge < -0.3 is 4.74 Å². The maximum atomic E-state index is 13.8. The standard InChI is InChI=1S/C13H15F3O/c1-7-11(8(2)14)9(15)6-10(12(7)16)17-13(3,4)5/h6H,2H2,1,3-5H3. The second-order valence-corrected chi connectivity index (χ2v) is 4.79. The number of hydrogen-bond donors (Lipinski definition) is 0. The second-order valence-electron chi connectivity index (χ2n) is 4.79. The topological polar surface area (TPSA) is 9.23 Å². The fourth-order valence-electron chi connectivity index (χ4n) is 1.46. The minimum absolute atomic E-state index is 0.142. The van der Waals surface area contributed by atoms with Crippen molar-refractivity contribution in [1.29, 1.82) is 0 Å². The molecule has 1 aromatic carbocycles. The minimum Gasteiger partial charge on any atom is -0.485 e. The van der Waals surface area contributed by atoms with Gasteiger partial charge in [-0.1, -0.05) is 6.58 Å². The molecule has 0 aromatic heterocycles. The van der Waals surface area contributed by atoms with Gasteiger partial charge in [0.25, 0.3) is 0 Å². The smallest absolute Gasteiger partial charge is 0.168 e. The molecule has 0 N–H and O–H groups in total. The van der Waals surface area contributed by atoms with Gasteiger partial charge in [-0.05, 0) is 27.7 Å². The van der Waals surface area contributed by atoms with Crippen LogP contribution >= 0.6 is 0 Å². The van der Waals surface area contributed by atoms with Crippen molar-refractivity contribution < 1.29 is 17.9 Å². The van der Waals surface area contributed by atoms with Crippen molar-refractivity contribution >= 4 is 5.83 Å². The molecule has 0 fully saturated rings. The molecule has 0 unspecified atom stereocenters. The van der Waals surface area contributed by atoms with Crippen molar-refractivity contribution in [1.82, 2.24) is 0 Å². The van der Waals surface area contributed by atoms with Crippen LogP contribution < -0.4 is 4.74 Å². The second kappa shape index (κ2) is 4.43. The predicted octanol–water partition coefficient (Wildman–Crippen LogP) is 4.39. The first kappa shape index (κ1) is 13.6. The normalized spacial score (nSPS) is 11.5. The maximum absolute atomic E-state index is 13.8. The van der Waals surface area contributed by atoms with Crippen LogP contribution in [-0.4, -0.2) is 5.60 Å². The zero-order chi connectivity index (χ0) is 13.4. The first-order chi connectivity index (χ1) is 7.63. The summed E-state index contributed by atoms with van der Waals surface area (Å²) < 4.78 is 45.6. The van der Waals surface area contributed by atoms with Crippen molar-refractivity contribution in [3.63, 3.8) is 0 Å². The largest absolute Gasteiger partial charge is 0.485 e. The molecule has 1 aromatic rings. The van der Waals surface area contributed by atoms with Crippen LogP contribution in [0.25, 0.3) is 5.83 Å². The Balaban J connectivity index is 3.34. The van der Waals surface area contributed by atoms with Crippen LogP contribution in [0.5, 0.6) is 5.75 Å². The molecule has 0 saturated carbocycles. The Morgan fingerprint density at radius 2 is 1.82 bits per heavy atom. The summed E-state index contributed by atoms with van der Waals surface area (Å²) in [5.41, 5.74) is -1.24. The third-order valence-electron chi connectivity index (χ3n) is 2.10. The summed E-state index contributed by atoms with van der Waals surface area (Å²) in [6.45, 7) is 9.39. The molecule has 0 radical (unpaired) electrons. The van der Waals surface area contributed by atoms with Gasteiger partial charge >= 0.3 is 0 Å². The molecular weight excluding hydrogens is 229 g/mol. The zero-order valence-electron chi connectivity index (χ0n) is 10.3. The summed E-state index contributed by atoms with van der Waals surface area (Å²) in [7, 11) is 0. The van der Waals surface area contributed by atoms with Crippen molar-refractivity contribution in [3.05, 3.63) is 35.4 Å². The van der Waals surface area contributed by atoms with Crippen LogP contribution in [0.15, 0.2) is 12.6 Å². The summed E-state index contributed by atoms with van der Waals surface area (Å²) in [5, 5.41) is 0. The third-order valence-corrected chi connectivity index (χ3v) is 2.10. The monoisotopic (exact) mass is 244 g/mol. The van der Waals surface area contributed by atoms with Crippen LogP contribution in [0.1, 0.15) is 31.9 Å². The highest BCUT2D eigenvalue weighted by atomic mass is 19.1. The molecule has 4 heteroatoms. The lowest BCUT2D eigenvalue weighted by molar-refractivity contribution is 0.123. The molecule has 94 valence electrons. The van der Waals surface area contributed by atoms with E-state index in [4.69, 9.17) is 4.74 Å². The third kappa shape index (κ3) is 3.02. The molecule has 1 nitrogen and oxygen atoms in total. The molecule has 0 bridgehead atoms. The summed E-state index contributed by atoms with van der Waals surface area (Å²) in [6, 6.07) is 0.841. The van der Waals surface area contributed by atoms with Gasteiger partial charge in [0.1, 0.15) is 17.2 Å². The SMILES string of the molecule is C=C(F)c1c(F)cc(OC(C)(C)C)c(F)c1C. The lowest BCUT2D eigenvalue weighted by Gasteiger charge is -2.22. The molecule has 0 heterocycles. The first-order valence-corrected chi connectivity index (χ1v) is 5.16. The van der Waals surface area contributed by atoms with Gasteiger partial charge in [-0.15, -0.1) is 0 Å². The van der Waals surface area contributed by atoms with Crippen molar-refractivity contribution in [3.8, 4) is 5.75 Å². The summed E-state index contributed by atoms with van der Waals surface area (Å²) >= 11 is 0. The molecule has 0 aliphatic carbocycles. The van der Waals surface area contributed by atoms with E-state index in [2.05, 4.69) is 6.58 Å². The molecule has 0 spiro atoms. The fraction of sp³-hybridized carbons (Fsp3) is 0.385. The number of benzene rings is 1. The van der Waals surface area contributed by atoms with E-state index in [1.54, 1.807) is 20.8 Å².